The summed E-state index contributed by atoms with van der Waals surface area (Å²) >= 11 is 8.88. The Morgan fingerprint density at radius 1 is 1.55 bits per heavy atom. The van der Waals surface area contributed by atoms with Crippen molar-refractivity contribution in [1.29, 1.82) is 0 Å². The molecule has 0 saturated heterocycles. The molecule has 1 aromatic carbocycles. The normalized spacial score (nSPS) is 9.73. The maximum absolute atomic E-state index is 9.13. The average Bonchev–Trinajstić information content (AvgIpc) is 2.01. The molecule has 1 aromatic rings. The molecule has 4 heteroatoms. The van der Waals surface area contributed by atoms with Crippen molar-refractivity contribution in [3.8, 4) is 11.5 Å². The van der Waals surface area contributed by atoms with E-state index in [-0.39, 0.29) is 5.75 Å². The number of hydrogen-bond acceptors (Lipinski definition) is 2. The van der Waals surface area contributed by atoms with Crippen LogP contribution in [0.15, 0.2) is 16.6 Å². The van der Waals surface area contributed by atoms with Crippen LogP contribution in [0.4, 0.5) is 0 Å². The molecule has 0 unspecified atom stereocenters. The van der Waals surface area contributed by atoms with Crippen molar-refractivity contribution in [2.45, 2.75) is 0 Å². The maximum Gasteiger partial charge on any atom is 0.138 e. The summed E-state index contributed by atoms with van der Waals surface area (Å²) < 4.78 is 5.36. The van der Waals surface area contributed by atoms with Gasteiger partial charge in [-0.15, -0.1) is 0 Å². The molecule has 60 valence electrons. The first-order valence-corrected chi connectivity index (χ1v) is 4.05. The van der Waals surface area contributed by atoms with Crippen LogP contribution < -0.4 is 4.74 Å². The third-order valence-electron chi connectivity index (χ3n) is 1.25. The number of aromatic hydroxyl groups is 1. The summed E-state index contributed by atoms with van der Waals surface area (Å²) in [5, 5.41) is 9.52. The largest absolute Gasteiger partial charge is 0.507 e. The molecule has 0 amide bonds. The number of benzene rings is 1. The Morgan fingerprint density at radius 2 is 2.18 bits per heavy atom. The summed E-state index contributed by atoms with van der Waals surface area (Å²) in [6.07, 6.45) is 0. The van der Waals surface area contributed by atoms with Crippen LogP contribution >= 0.6 is 27.5 Å². The van der Waals surface area contributed by atoms with E-state index in [4.69, 9.17) is 21.4 Å². The van der Waals surface area contributed by atoms with Crippen LogP contribution in [0.5, 0.6) is 11.5 Å². The van der Waals surface area contributed by atoms with Crippen molar-refractivity contribution < 1.29 is 9.84 Å². The Balaban J connectivity index is 3.25. The zero-order chi connectivity index (χ0) is 8.43. The van der Waals surface area contributed by atoms with Gasteiger partial charge >= 0.3 is 0 Å². The third-order valence-corrected chi connectivity index (χ3v) is 2.65. The van der Waals surface area contributed by atoms with E-state index in [9.17, 15) is 0 Å². The van der Waals surface area contributed by atoms with Gasteiger partial charge in [0.15, 0.2) is 0 Å². The predicted octanol–water partition coefficient (Wildman–Crippen LogP) is 2.82. The summed E-state index contributed by atoms with van der Waals surface area (Å²) in [5.41, 5.74) is 0. The molecule has 0 heterocycles. The van der Waals surface area contributed by atoms with Gasteiger partial charge in [-0.1, -0.05) is 11.6 Å². The third kappa shape index (κ3) is 1.60. The lowest BCUT2D eigenvalue weighted by Gasteiger charge is -2.04. The lowest BCUT2D eigenvalue weighted by molar-refractivity contribution is 0.412. The molecule has 0 aliphatic rings. The SMILES string of the molecule is COc1ccc(O)c(Br)c1Cl. The number of hydrogen-bond donors (Lipinski definition) is 1. The number of methoxy groups -OCH3 is 1. The maximum atomic E-state index is 9.13. The number of ether oxygens (including phenoxy) is 1. The Hall–Kier alpha value is -0.410. The minimum atomic E-state index is 0.107. The second-order valence-corrected chi connectivity index (χ2v) is 3.09. The smallest absolute Gasteiger partial charge is 0.138 e. The van der Waals surface area contributed by atoms with Gasteiger partial charge in [-0.2, -0.15) is 0 Å². The van der Waals surface area contributed by atoms with Crippen LogP contribution in [0.25, 0.3) is 0 Å². The number of halogens is 2. The molecule has 0 spiro atoms. The number of phenolic OH excluding ortho intramolecular Hbond substituents is 1. The van der Waals surface area contributed by atoms with Gasteiger partial charge in [0.2, 0.25) is 0 Å². The number of phenols is 1. The molecule has 1 N–H and O–H groups in total. The van der Waals surface area contributed by atoms with E-state index in [0.29, 0.717) is 15.2 Å². The molecule has 0 atom stereocenters. The van der Waals surface area contributed by atoms with E-state index in [0.717, 1.165) is 0 Å². The highest BCUT2D eigenvalue weighted by atomic mass is 79.9. The van der Waals surface area contributed by atoms with Gasteiger partial charge in [-0.3, -0.25) is 0 Å². The Bertz CT molecular complexity index is 275. The lowest BCUT2D eigenvalue weighted by atomic mass is 10.3. The van der Waals surface area contributed by atoms with E-state index in [2.05, 4.69) is 15.9 Å². The van der Waals surface area contributed by atoms with Crippen LogP contribution in [0.3, 0.4) is 0 Å². The Morgan fingerprint density at radius 3 is 2.73 bits per heavy atom. The first kappa shape index (κ1) is 8.68. The van der Waals surface area contributed by atoms with E-state index in [1.807, 2.05) is 0 Å². The van der Waals surface area contributed by atoms with Crippen LogP contribution in [-0.4, -0.2) is 12.2 Å². The van der Waals surface area contributed by atoms with Crippen molar-refractivity contribution >= 4 is 27.5 Å². The first-order valence-electron chi connectivity index (χ1n) is 2.87. The van der Waals surface area contributed by atoms with E-state index in [1.54, 1.807) is 6.07 Å². The van der Waals surface area contributed by atoms with Gasteiger partial charge in [0.1, 0.15) is 16.5 Å². The second-order valence-electron chi connectivity index (χ2n) is 1.91. The summed E-state index contributed by atoms with van der Waals surface area (Å²) in [5.74, 6) is 0.646. The van der Waals surface area contributed by atoms with E-state index < -0.39 is 0 Å². The Labute approximate surface area is 77.9 Å². The fraction of sp³-hybridized carbons (Fsp3) is 0.143. The minimum Gasteiger partial charge on any atom is -0.507 e. The molecule has 0 bridgehead atoms. The predicted molar refractivity (Wildman–Crippen MR) is 47.4 cm³/mol. The molecule has 1 rings (SSSR count). The fourth-order valence-electron chi connectivity index (χ4n) is 0.679. The summed E-state index contributed by atoms with van der Waals surface area (Å²) in [6, 6.07) is 3.11. The molecular formula is C7H6BrClO2. The highest BCUT2D eigenvalue weighted by molar-refractivity contribution is 9.10. The van der Waals surface area contributed by atoms with Crippen LogP contribution in [-0.2, 0) is 0 Å². The fourth-order valence-corrected chi connectivity index (χ4v) is 1.24. The second kappa shape index (κ2) is 3.32. The van der Waals surface area contributed by atoms with Crippen LogP contribution in [0, 0.1) is 0 Å². The topological polar surface area (TPSA) is 29.5 Å². The standard InChI is InChI=1S/C7H6BrClO2/c1-11-5-3-2-4(10)6(8)7(5)9/h2-3,10H,1H3. The molecular weight excluding hydrogens is 231 g/mol. The molecule has 0 aliphatic carbocycles. The van der Waals surface area contributed by atoms with Crippen LogP contribution in [0.2, 0.25) is 5.02 Å². The summed E-state index contributed by atoms with van der Waals surface area (Å²) in [7, 11) is 1.52. The number of rotatable bonds is 1. The highest BCUT2D eigenvalue weighted by Crippen LogP contribution is 2.37. The van der Waals surface area contributed by atoms with Crippen molar-refractivity contribution in [1.82, 2.24) is 0 Å². The monoisotopic (exact) mass is 236 g/mol. The van der Waals surface area contributed by atoms with Gasteiger partial charge in [-0.25, -0.2) is 0 Å². The highest BCUT2D eigenvalue weighted by Gasteiger charge is 2.07. The van der Waals surface area contributed by atoms with Crippen molar-refractivity contribution in [3.63, 3.8) is 0 Å². The minimum absolute atomic E-state index is 0.107. The molecule has 11 heavy (non-hydrogen) atoms. The summed E-state index contributed by atoms with van der Waals surface area (Å²) in [6.45, 7) is 0. The zero-order valence-electron chi connectivity index (χ0n) is 5.77. The zero-order valence-corrected chi connectivity index (χ0v) is 8.11. The molecule has 2 nitrogen and oxygen atoms in total. The molecule has 0 fully saturated rings. The van der Waals surface area contributed by atoms with Crippen molar-refractivity contribution in [3.05, 3.63) is 21.6 Å². The van der Waals surface area contributed by atoms with Crippen molar-refractivity contribution in [2.24, 2.45) is 0 Å². The van der Waals surface area contributed by atoms with Crippen LogP contribution in [0.1, 0.15) is 0 Å². The average molecular weight is 237 g/mol. The van der Waals surface area contributed by atoms with Crippen molar-refractivity contribution in [2.75, 3.05) is 7.11 Å². The quantitative estimate of drug-likeness (QED) is 0.814. The van der Waals surface area contributed by atoms with E-state index in [1.165, 1.54) is 13.2 Å². The summed E-state index contributed by atoms with van der Waals surface area (Å²) in [4.78, 5) is 0. The molecule has 0 aromatic heterocycles. The van der Waals surface area contributed by atoms with Gasteiger partial charge in [0.05, 0.1) is 11.6 Å². The van der Waals surface area contributed by atoms with Gasteiger partial charge in [-0.05, 0) is 28.1 Å². The molecule has 0 radical (unpaired) electrons. The first-order chi connectivity index (χ1) is 5.16. The van der Waals surface area contributed by atoms with Gasteiger partial charge in [0.25, 0.3) is 0 Å². The molecule has 0 aliphatic heterocycles. The molecule has 0 saturated carbocycles. The Kier molecular flexibility index (Phi) is 2.62. The lowest BCUT2D eigenvalue weighted by Crippen LogP contribution is -1.84. The van der Waals surface area contributed by atoms with Gasteiger partial charge < -0.3 is 9.84 Å². The van der Waals surface area contributed by atoms with E-state index >= 15 is 0 Å². The van der Waals surface area contributed by atoms with Gasteiger partial charge in [0, 0.05) is 0 Å².